The Balaban J connectivity index is 1.84. The van der Waals surface area contributed by atoms with Crippen LogP contribution in [0.1, 0.15) is 34.7 Å². The van der Waals surface area contributed by atoms with E-state index in [0.717, 1.165) is 21.0 Å². The minimum atomic E-state index is 0.0249. The molecule has 2 atom stereocenters. The minimum absolute atomic E-state index is 0.0249. The molecule has 3 heterocycles. The van der Waals surface area contributed by atoms with Gasteiger partial charge in [0.05, 0.1) is 23.5 Å². The van der Waals surface area contributed by atoms with Crippen LogP contribution in [0.5, 0.6) is 0 Å². The maximum atomic E-state index is 5.57. The van der Waals surface area contributed by atoms with Crippen molar-refractivity contribution in [1.29, 1.82) is 0 Å². The lowest BCUT2D eigenvalue weighted by molar-refractivity contribution is 0.367. The molecule has 6 heteroatoms. The van der Waals surface area contributed by atoms with Crippen LogP contribution >= 0.6 is 28.1 Å². The number of aryl methyl sites for hydroxylation is 1. The van der Waals surface area contributed by atoms with Crippen LogP contribution in [-0.4, -0.2) is 26.6 Å². The van der Waals surface area contributed by atoms with Gasteiger partial charge in [0, 0.05) is 29.1 Å². The Hall–Kier alpha value is -2.18. The summed E-state index contributed by atoms with van der Waals surface area (Å²) in [7, 11) is 2.05. The van der Waals surface area contributed by atoms with Crippen molar-refractivity contribution in [2.45, 2.75) is 25.9 Å². The summed E-state index contributed by atoms with van der Waals surface area (Å²) in [6.45, 7) is 4.32. The van der Waals surface area contributed by atoms with Gasteiger partial charge in [-0.05, 0) is 77.9 Å². The third kappa shape index (κ3) is 3.07. The molecule has 0 unspecified atom stereocenters. The molecule has 0 radical (unpaired) electrons. The number of hydrogen-bond donors (Lipinski definition) is 1. The third-order valence-electron chi connectivity index (χ3n) is 5.22. The largest absolute Gasteiger partial charge is 0.352 e. The molecule has 3 aromatic rings. The maximum absolute atomic E-state index is 5.57. The fraction of sp³-hybridized carbons (Fsp3) is 0.238. The molecule has 1 aliphatic rings. The summed E-state index contributed by atoms with van der Waals surface area (Å²) in [5.41, 5.74) is 5.81. The Morgan fingerprint density at radius 1 is 1.11 bits per heavy atom. The van der Waals surface area contributed by atoms with E-state index in [9.17, 15) is 0 Å². The molecule has 1 saturated heterocycles. The van der Waals surface area contributed by atoms with Gasteiger partial charge in [0.2, 0.25) is 0 Å². The van der Waals surface area contributed by atoms with E-state index in [1.54, 1.807) is 0 Å². The van der Waals surface area contributed by atoms with E-state index in [1.807, 2.05) is 31.4 Å². The first-order chi connectivity index (χ1) is 13.0. The number of pyridine rings is 1. The van der Waals surface area contributed by atoms with E-state index in [4.69, 9.17) is 12.2 Å². The van der Waals surface area contributed by atoms with Gasteiger partial charge < -0.3 is 14.8 Å². The average Bonchev–Trinajstić information content (AvgIpc) is 3.12. The number of thiocarbonyl (C=S) groups is 1. The van der Waals surface area contributed by atoms with Gasteiger partial charge in [-0.3, -0.25) is 4.98 Å². The number of benzene rings is 1. The summed E-state index contributed by atoms with van der Waals surface area (Å²) in [6.07, 6.45) is 1.83. The highest BCUT2D eigenvalue weighted by Gasteiger charge is 2.39. The van der Waals surface area contributed by atoms with Gasteiger partial charge in [-0.15, -0.1) is 0 Å². The summed E-state index contributed by atoms with van der Waals surface area (Å²) in [4.78, 5) is 6.71. The van der Waals surface area contributed by atoms with Crippen LogP contribution in [-0.2, 0) is 0 Å². The minimum Gasteiger partial charge on any atom is -0.352 e. The van der Waals surface area contributed by atoms with Crippen LogP contribution in [0.25, 0.3) is 5.69 Å². The third-order valence-corrected chi connectivity index (χ3v) is 6.30. The molecule has 1 aliphatic heterocycles. The normalized spacial score (nSPS) is 19.4. The topological polar surface area (TPSA) is 33.1 Å². The fourth-order valence-corrected chi connectivity index (χ4v) is 4.64. The second kappa shape index (κ2) is 7.09. The fourth-order valence-electron chi connectivity index (χ4n) is 3.94. The SMILES string of the molecule is Cc1cc([C@H]2[C@H](c3ccccn3)NC(=S)N2C)c(C)n1-c1ccccc1Br. The zero-order chi connectivity index (χ0) is 19.1. The Morgan fingerprint density at radius 3 is 2.56 bits per heavy atom. The molecule has 0 aliphatic carbocycles. The lowest BCUT2D eigenvalue weighted by Crippen LogP contribution is -2.25. The van der Waals surface area contributed by atoms with Crippen LogP contribution in [0.2, 0.25) is 0 Å². The highest BCUT2D eigenvalue weighted by molar-refractivity contribution is 9.10. The maximum Gasteiger partial charge on any atom is 0.169 e. The number of halogens is 1. The lowest BCUT2D eigenvalue weighted by Gasteiger charge is -2.24. The van der Waals surface area contributed by atoms with Gasteiger partial charge in [-0.2, -0.15) is 0 Å². The smallest absolute Gasteiger partial charge is 0.169 e. The molecule has 4 nitrogen and oxygen atoms in total. The van der Waals surface area contributed by atoms with Crippen molar-refractivity contribution in [3.63, 3.8) is 0 Å². The Bertz CT molecular complexity index is 999. The van der Waals surface area contributed by atoms with Gasteiger partial charge in [-0.25, -0.2) is 0 Å². The lowest BCUT2D eigenvalue weighted by atomic mass is 9.97. The van der Waals surface area contributed by atoms with Crippen LogP contribution < -0.4 is 5.32 Å². The first-order valence-electron chi connectivity index (χ1n) is 8.87. The highest BCUT2D eigenvalue weighted by atomic mass is 79.9. The van der Waals surface area contributed by atoms with Crippen LogP contribution in [0, 0.1) is 13.8 Å². The van der Waals surface area contributed by atoms with E-state index in [1.165, 1.54) is 17.0 Å². The molecule has 4 rings (SSSR count). The number of hydrogen-bond acceptors (Lipinski definition) is 2. The van der Waals surface area contributed by atoms with E-state index in [-0.39, 0.29) is 12.1 Å². The van der Waals surface area contributed by atoms with Crippen molar-refractivity contribution >= 4 is 33.3 Å². The molecular weight excluding hydrogens is 420 g/mol. The monoisotopic (exact) mass is 440 g/mol. The number of nitrogens with one attached hydrogen (secondary N) is 1. The number of aromatic nitrogens is 2. The average molecular weight is 441 g/mol. The van der Waals surface area contributed by atoms with Crippen molar-refractivity contribution in [2.24, 2.45) is 0 Å². The standard InChI is InChI=1S/C21H21BrN4S/c1-13-12-15(14(2)26(13)18-10-5-4-8-16(18)22)20-19(24-21(27)25(20)3)17-9-6-7-11-23-17/h4-12,19-20H,1-3H3,(H,24,27)/t19-,20-/m0/s1. The van der Waals surface area contributed by atoms with Crippen molar-refractivity contribution in [2.75, 3.05) is 7.05 Å². The summed E-state index contributed by atoms with van der Waals surface area (Å²) < 4.78 is 3.37. The van der Waals surface area contributed by atoms with Gasteiger partial charge in [0.25, 0.3) is 0 Å². The van der Waals surface area contributed by atoms with Gasteiger partial charge in [0.15, 0.2) is 5.11 Å². The molecule has 0 amide bonds. The van der Waals surface area contributed by atoms with Gasteiger partial charge in [0.1, 0.15) is 0 Å². The van der Waals surface area contributed by atoms with Crippen molar-refractivity contribution in [3.05, 3.63) is 81.8 Å². The summed E-state index contributed by atoms with van der Waals surface area (Å²) in [5.74, 6) is 0. The molecule has 1 fully saturated rings. The van der Waals surface area contributed by atoms with Crippen LogP contribution in [0.4, 0.5) is 0 Å². The van der Waals surface area contributed by atoms with E-state index >= 15 is 0 Å². The molecule has 27 heavy (non-hydrogen) atoms. The number of rotatable bonds is 3. The summed E-state index contributed by atoms with van der Waals surface area (Å²) in [5, 5.41) is 4.20. The van der Waals surface area contributed by atoms with Crippen molar-refractivity contribution in [1.82, 2.24) is 19.8 Å². The molecular formula is C21H21BrN4S. The highest BCUT2D eigenvalue weighted by Crippen LogP contribution is 2.40. The zero-order valence-electron chi connectivity index (χ0n) is 15.5. The number of likely N-dealkylation sites (N-methyl/N-ethyl adjacent to an activating group) is 1. The summed E-state index contributed by atoms with van der Waals surface area (Å²) >= 11 is 9.26. The molecule has 0 saturated carbocycles. The Morgan fingerprint density at radius 2 is 1.85 bits per heavy atom. The number of para-hydroxylation sites is 1. The molecule has 1 N–H and O–H groups in total. The quantitative estimate of drug-likeness (QED) is 0.589. The Labute approximate surface area is 173 Å². The van der Waals surface area contributed by atoms with E-state index in [2.05, 4.69) is 79.9 Å². The molecule has 138 valence electrons. The second-order valence-electron chi connectivity index (χ2n) is 6.85. The van der Waals surface area contributed by atoms with Crippen LogP contribution in [0.3, 0.4) is 0 Å². The van der Waals surface area contributed by atoms with Crippen LogP contribution in [0.15, 0.2) is 59.2 Å². The Kier molecular flexibility index (Phi) is 4.78. The zero-order valence-corrected chi connectivity index (χ0v) is 17.9. The number of nitrogens with zero attached hydrogens (tertiary/aromatic N) is 3. The van der Waals surface area contributed by atoms with Crippen molar-refractivity contribution in [3.8, 4) is 5.69 Å². The van der Waals surface area contributed by atoms with E-state index < -0.39 is 0 Å². The molecule has 2 aromatic heterocycles. The van der Waals surface area contributed by atoms with Gasteiger partial charge >= 0.3 is 0 Å². The summed E-state index contributed by atoms with van der Waals surface area (Å²) in [6, 6.07) is 16.7. The molecule has 0 bridgehead atoms. The molecule has 1 aromatic carbocycles. The second-order valence-corrected chi connectivity index (χ2v) is 8.09. The first-order valence-corrected chi connectivity index (χ1v) is 10.1. The first kappa shape index (κ1) is 18.2. The predicted octanol–water partition coefficient (Wildman–Crippen LogP) is 4.85. The molecule has 0 spiro atoms. The van der Waals surface area contributed by atoms with Gasteiger partial charge in [-0.1, -0.05) is 18.2 Å². The van der Waals surface area contributed by atoms with E-state index in [0.29, 0.717) is 0 Å². The van der Waals surface area contributed by atoms with Crippen molar-refractivity contribution < 1.29 is 0 Å². The predicted molar refractivity (Wildman–Crippen MR) is 116 cm³/mol.